The van der Waals surface area contributed by atoms with Crippen LogP contribution in [0.3, 0.4) is 0 Å². The lowest BCUT2D eigenvalue weighted by molar-refractivity contribution is -0.385. The van der Waals surface area contributed by atoms with Crippen LogP contribution >= 0.6 is 0 Å². The van der Waals surface area contributed by atoms with Crippen LogP contribution in [0.4, 0.5) is 11.4 Å². The van der Waals surface area contributed by atoms with E-state index < -0.39 is 10.8 Å². The summed E-state index contributed by atoms with van der Waals surface area (Å²) in [6.45, 7) is 0. The van der Waals surface area contributed by atoms with Crippen molar-refractivity contribution in [3.8, 4) is 11.5 Å². The molecule has 0 aromatic heterocycles. The molecule has 2 aromatic carbocycles. The lowest BCUT2D eigenvalue weighted by atomic mass is 10.1. The quantitative estimate of drug-likeness (QED) is 0.677. The smallest absolute Gasteiger partial charge is 0.282 e. The molecule has 0 bridgehead atoms. The first-order valence-electron chi connectivity index (χ1n) is 6.33. The maximum absolute atomic E-state index is 12.3. The maximum Gasteiger partial charge on any atom is 0.282 e. The third-order valence-corrected chi connectivity index (χ3v) is 3.00. The van der Waals surface area contributed by atoms with Crippen molar-refractivity contribution >= 4 is 17.3 Å². The second-order valence-corrected chi connectivity index (χ2v) is 4.29. The minimum atomic E-state index is -0.597. The van der Waals surface area contributed by atoms with E-state index in [1.807, 2.05) is 0 Å². The van der Waals surface area contributed by atoms with Gasteiger partial charge in [-0.3, -0.25) is 14.9 Å². The fraction of sp³-hybridized carbons (Fsp3) is 0.133. The second-order valence-electron chi connectivity index (χ2n) is 4.29. The summed E-state index contributed by atoms with van der Waals surface area (Å²) >= 11 is 0. The zero-order valence-corrected chi connectivity index (χ0v) is 12.0. The van der Waals surface area contributed by atoms with Crippen molar-refractivity contribution in [1.29, 1.82) is 0 Å². The van der Waals surface area contributed by atoms with Crippen molar-refractivity contribution in [1.82, 2.24) is 0 Å². The third kappa shape index (κ3) is 3.14. The van der Waals surface area contributed by atoms with Gasteiger partial charge in [0.05, 0.1) is 24.8 Å². The molecule has 0 fully saturated rings. The topological polar surface area (TPSA) is 90.7 Å². The summed E-state index contributed by atoms with van der Waals surface area (Å²) < 4.78 is 10.2. The van der Waals surface area contributed by atoms with Gasteiger partial charge in [-0.15, -0.1) is 0 Å². The van der Waals surface area contributed by atoms with Gasteiger partial charge in [-0.1, -0.05) is 12.1 Å². The number of hydrogen-bond acceptors (Lipinski definition) is 5. The van der Waals surface area contributed by atoms with Crippen LogP contribution in [0, 0.1) is 10.1 Å². The number of nitrogens with one attached hydrogen (secondary N) is 1. The van der Waals surface area contributed by atoms with Crippen molar-refractivity contribution in [3.63, 3.8) is 0 Å². The summed E-state index contributed by atoms with van der Waals surface area (Å²) in [6, 6.07) is 10.6. The fourth-order valence-corrected chi connectivity index (χ4v) is 1.92. The molecule has 22 heavy (non-hydrogen) atoms. The predicted octanol–water partition coefficient (Wildman–Crippen LogP) is 2.86. The van der Waals surface area contributed by atoms with E-state index in [0.29, 0.717) is 17.2 Å². The first-order valence-corrected chi connectivity index (χ1v) is 6.33. The number of methoxy groups -OCH3 is 2. The van der Waals surface area contributed by atoms with E-state index in [0.717, 1.165) is 0 Å². The number of nitro benzene ring substituents is 1. The number of ether oxygens (including phenoxy) is 2. The number of carbonyl (C=O) groups is 1. The average Bonchev–Trinajstić information content (AvgIpc) is 2.55. The van der Waals surface area contributed by atoms with Gasteiger partial charge in [0, 0.05) is 12.1 Å². The van der Waals surface area contributed by atoms with Crippen LogP contribution in [0.15, 0.2) is 42.5 Å². The minimum absolute atomic E-state index is 0.0228. The molecule has 0 aliphatic heterocycles. The Morgan fingerprint density at radius 2 is 1.86 bits per heavy atom. The van der Waals surface area contributed by atoms with Gasteiger partial charge < -0.3 is 14.8 Å². The Labute approximate surface area is 126 Å². The SMILES string of the molecule is COc1ccc(NC(=O)c2ccccc2[N+](=O)[O-])c(OC)c1. The molecule has 0 aliphatic rings. The fourth-order valence-electron chi connectivity index (χ4n) is 1.92. The highest BCUT2D eigenvalue weighted by atomic mass is 16.6. The van der Waals surface area contributed by atoms with Crippen LogP contribution in [-0.2, 0) is 0 Å². The first kappa shape index (κ1) is 15.3. The van der Waals surface area contributed by atoms with E-state index in [1.54, 1.807) is 24.3 Å². The van der Waals surface area contributed by atoms with Gasteiger partial charge in [-0.25, -0.2) is 0 Å². The predicted molar refractivity (Wildman–Crippen MR) is 80.6 cm³/mol. The molecule has 2 rings (SSSR count). The number of rotatable bonds is 5. The summed E-state index contributed by atoms with van der Waals surface area (Å²) in [7, 11) is 2.97. The zero-order chi connectivity index (χ0) is 16.1. The number of nitrogens with zero attached hydrogens (tertiary/aromatic N) is 1. The van der Waals surface area contributed by atoms with Crippen molar-refractivity contribution in [2.45, 2.75) is 0 Å². The number of nitro groups is 1. The number of hydrogen-bond donors (Lipinski definition) is 1. The van der Waals surface area contributed by atoms with E-state index >= 15 is 0 Å². The summed E-state index contributed by atoms with van der Waals surface area (Å²) in [5.74, 6) is 0.377. The van der Waals surface area contributed by atoms with Gasteiger partial charge in [-0.05, 0) is 18.2 Å². The Bertz CT molecular complexity index is 715. The number of para-hydroxylation sites is 1. The molecular formula is C15H14N2O5. The molecule has 0 saturated carbocycles. The Balaban J connectivity index is 2.32. The Morgan fingerprint density at radius 1 is 1.14 bits per heavy atom. The van der Waals surface area contributed by atoms with E-state index in [1.165, 1.54) is 32.4 Å². The highest BCUT2D eigenvalue weighted by Crippen LogP contribution is 2.30. The van der Waals surface area contributed by atoms with E-state index in [2.05, 4.69) is 5.32 Å². The van der Waals surface area contributed by atoms with Gasteiger partial charge in [0.25, 0.3) is 11.6 Å². The molecule has 2 aromatic rings. The normalized spacial score (nSPS) is 9.91. The van der Waals surface area contributed by atoms with Crippen LogP contribution in [0.25, 0.3) is 0 Å². The number of benzene rings is 2. The molecule has 1 N–H and O–H groups in total. The van der Waals surface area contributed by atoms with E-state index in [-0.39, 0.29) is 11.3 Å². The Morgan fingerprint density at radius 3 is 2.50 bits per heavy atom. The first-order chi connectivity index (χ1) is 10.6. The molecule has 1 amide bonds. The largest absolute Gasteiger partial charge is 0.497 e. The Kier molecular flexibility index (Phi) is 4.57. The average molecular weight is 302 g/mol. The van der Waals surface area contributed by atoms with Crippen LogP contribution in [0.5, 0.6) is 11.5 Å². The van der Waals surface area contributed by atoms with E-state index in [9.17, 15) is 14.9 Å². The van der Waals surface area contributed by atoms with Gasteiger partial charge >= 0.3 is 0 Å². The van der Waals surface area contributed by atoms with Gasteiger partial charge in [0.2, 0.25) is 0 Å². The Hall–Kier alpha value is -3.09. The molecule has 0 spiro atoms. The van der Waals surface area contributed by atoms with Crippen molar-refractivity contribution in [3.05, 3.63) is 58.1 Å². The molecular weight excluding hydrogens is 288 g/mol. The maximum atomic E-state index is 12.3. The molecule has 114 valence electrons. The van der Waals surface area contributed by atoms with Crippen LogP contribution in [0.1, 0.15) is 10.4 Å². The van der Waals surface area contributed by atoms with Crippen LogP contribution in [-0.4, -0.2) is 25.1 Å². The second kappa shape index (κ2) is 6.57. The molecule has 0 aliphatic carbocycles. The van der Waals surface area contributed by atoms with Crippen molar-refractivity contribution in [2.75, 3.05) is 19.5 Å². The lowest BCUT2D eigenvalue weighted by Crippen LogP contribution is -2.14. The summed E-state index contributed by atoms with van der Waals surface area (Å²) in [5, 5.41) is 13.6. The highest BCUT2D eigenvalue weighted by molar-refractivity contribution is 6.07. The van der Waals surface area contributed by atoms with Crippen LogP contribution in [0.2, 0.25) is 0 Å². The number of amides is 1. The monoisotopic (exact) mass is 302 g/mol. The summed E-state index contributed by atoms with van der Waals surface area (Å²) in [6.07, 6.45) is 0. The van der Waals surface area contributed by atoms with Gasteiger partial charge in [0.1, 0.15) is 17.1 Å². The lowest BCUT2D eigenvalue weighted by Gasteiger charge is -2.11. The molecule has 7 nitrogen and oxygen atoms in total. The summed E-state index contributed by atoms with van der Waals surface area (Å²) in [5.41, 5.74) is 0.115. The third-order valence-electron chi connectivity index (χ3n) is 3.00. The molecule has 0 heterocycles. The van der Waals surface area contributed by atoms with Gasteiger partial charge in [0.15, 0.2) is 0 Å². The number of carbonyl (C=O) groups excluding carboxylic acids is 1. The standard InChI is InChI=1S/C15H14N2O5/c1-21-10-7-8-12(14(9-10)22-2)16-15(18)11-5-3-4-6-13(11)17(19)20/h3-9H,1-2H3,(H,16,18). The van der Waals surface area contributed by atoms with E-state index in [4.69, 9.17) is 9.47 Å². The minimum Gasteiger partial charge on any atom is -0.497 e. The molecule has 7 heteroatoms. The van der Waals surface area contributed by atoms with Crippen LogP contribution < -0.4 is 14.8 Å². The van der Waals surface area contributed by atoms with Gasteiger partial charge in [-0.2, -0.15) is 0 Å². The van der Waals surface area contributed by atoms with Crippen molar-refractivity contribution in [2.24, 2.45) is 0 Å². The summed E-state index contributed by atoms with van der Waals surface area (Å²) in [4.78, 5) is 22.6. The zero-order valence-electron chi connectivity index (χ0n) is 12.0. The molecule has 0 saturated heterocycles. The molecule has 0 atom stereocenters. The van der Waals surface area contributed by atoms with Crippen molar-refractivity contribution < 1.29 is 19.2 Å². The number of anilines is 1. The molecule has 0 unspecified atom stereocenters. The highest BCUT2D eigenvalue weighted by Gasteiger charge is 2.20. The molecule has 0 radical (unpaired) electrons.